The van der Waals surface area contributed by atoms with Gasteiger partial charge < -0.3 is 10.5 Å². The van der Waals surface area contributed by atoms with Crippen LogP contribution in [-0.2, 0) is 6.42 Å². The number of imide groups is 1. The molecule has 27 heavy (non-hydrogen) atoms. The summed E-state index contributed by atoms with van der Waals surface area (Å²) in [6.07, 6.45) is 0.617. The summed E-state index contributed by atoms with van der Waals surface area (Å²) in [6, 6.07) is 14.3. The number of carbonyl (C=O) groups is 2. The Morgan fingerprint density at radius 2 is 1.56 bits per heavy atom. The van der Waals surface area contributed by atoms with Gasteiger partial charge in [-0.25, -0.2) is 10.4 Å². The summed E-state index contributed by atoms with van der Waals surface area (Å²) in [6.45, 7) is 6.32. The highest BCUT2D eigenvalue weighted by molar-refractivity contribution is 6.20. The Labute approximate surface area is 159 Å². The van der Waals surface area contributed by atoms with E-state index in [4.69, 9.17) is 10.5 Å². The van der Waals surface area contributed by atoms with Crippen molar-refractivity contribution in [3.05, 3.63) is 65.2 Å². The van der Waals surface area contributed by atoms with Crippen molar-refractivity contribution in [1.82, 2.24) is 10.4 Å². The van der Waals surface area contributed by atoms with Crippen molar-refractivity contribution in [2.24, 2.45) is 5.73 Å². The van der Waals surface area contributed by atoms with E-state index in [1.807, 2.05) is 45.0 Å². The summed E-state index contributed by atoms with van der Waals surface area (Å²) in [5.74, 6) is 0.127. The summed E-state index contributed by atoms with van der Waals surface area (Å²) in [7, 11) is 0. The smallest absolute Gasteiger partial charge is 0.276 e. The van der Waals surface area contributed by atoms with Gasteiger partial charge in [-0.3, -0.25) is 9.59 Å². The molecule has 0 aliphatic carbocycles. The maximum atomic E-state index is 12.3. The number of carbonyl (C=O) groups excluding carboxylic acids is 2. The Hall–Kier alpha value is -2.70. The molecule has 142 valence electrons. The first-order chi connectivity index (χ1) is 12.7. The lowest BCUT2D eigenvalue weighted by Gasteiger charge is -2.22. The Kier molecular flexibility index (Phi) is 5.30. The van der Waals surface area contributed by atoms with Gasteiger partial charge in [-0.05, 0) is 57.0 Å². The standard InChI is InChI=1S/C21H25N3O3/c1-21(2,3)27-16-10-8-14(9-11-16)12-15(22)13-23-24-19(25)17-6-4-5-7-18(17)20(24)26/h4-11,15,23H,12-13,22H2,1-3H3/t15-/m0/s1. The van der Waals surface area contributed by atoms with Gasteiger partial charge in [0.15, 0.2) is 0 Å². The van der Waals surface area contributed by atoms with Gasteiger partial charge in [-0.15, -0.1) is 0 Å². The molecule has 6 heteroatoms. The third kappa shape index (κ3) is 4.53. The van der Waals surface area contributed by atoms with Crippen LogP contribution in [0.1, 0.15) is 47.1 Å². The van der Waals surface area contributed by atoms with E-state index in [1.54, 1.807) is 24.3 Å². The van der Waals surface area contributed by atoms with Crippen molar-refractivity contribution in [3.8, 4) is 5.75 Å². The number of amides is 2. The van der Waals surface area contributed by atoms with E-state index in [0.29, 0.717) is 24.1 Å². The van der Waals surface area contributed by atoms with Crippen LogP contribution < -0.4 is 15.9 Å². The van der Waals surface area contributed by atoms with Gasteiger partial charge in [0.2, 0.25) is 0 Å². The fourth-order valence-corrected chi connectivity index (χ4v) is 2.96. The van der Waals surface area contributed by atoms with E-state index in [0.717, 1.165) is 16.3 Å². The van der Waals surface area contributed by atoms with Crippen LogP contribution in [0.25, 0.3) is 0 Å². The highest BCUT2D eigenvalue weighted by atomic mass is 16.5. The summed E-state index contributed by atoms with van der Waals surface area (Å²) in [4.78, 5) is 24.6. The number of rotatable bonds is 6. The van der Waals surface area contributed by atoms with Crippen LogP contribution in [0.3, 0.4) is 0 Å². The second-order valence-electron chi connectivity index (χ2n) is 7.68. The summed E-state index contributed by atoms with van der Waals surface area (Å²) < 4.78 is 5.81. The van der Waals surface area contributed by atoms with Crippen LogP contribution in [0.5, 0.6) is 5.75 Å². The summed E-state index contributed by atoms with van der Waals surface area (Å²) >= 11 is 0. The van der Waals surface area contributed by atoms with E-state index in [-0.39, 0.29) is 23.5 Å². The highest BCUT2D eigenvalue weighted by Gasteiger charge is 2.35. The molecule has 3 rings (SSSR count). The van der Waals surface area contributed by atoms with Crippen LogP contribution in [0.15, 0.2) is 48.5 Å². The highest BCUT2D eigenvalue weighted by Crippen LogP contribution is 2.21. The number of nitrogens with zero attached hydrogens (tertiary/aromatic N) is 1. The molecule has 1 aliphatic rings. The second kappa shape index (κ2) is 7.50. The average Bonchev–Trinajstić information content (AvgIpc) is 2.85. The Morgan fingerprint density at radius 3 is 2.07 bits per heavy atom. The fourth-order valence-electron chi connectivity index (χ4n) is 2.96. The number of nitrogens with one attached hydrogen (secondary N) is 1. The van der Waals surface area contributed by atoms with Gasteiger partial charge >= 0.3 is 0 Å². The Morgan fingerprint density at radius 1 is 1.00 bits per heavy atom. The minimum atomic E-state index is -0.341. The molecule has 0 saturated carbocycles. The zero-order chi connectivity index (χ0) is 19.6. The first-order valence-corrected chi connectivity index (χ1v) is 8.99. The van der Waals surface area contributed by atoms with E-state index >= 15 is 0 Å². The van der Waals surface area contributed by atoms with Crippen molar-refractivity contribution in [3.63, 3.8) is 0 Å². The molecular formula is C21H25N3O3. The van der Waals surface area contributed by atoms with Crippen LogP contribution in [0, 0.1) is 0 Å². The lowest BCUT2D eigenvalue weighted by atomic mass is 10.1. The van der Waals surface area contributed by atoms with Crippen molar-refractivity contribution in [2.45, 2.75) is 38.8 Å². The lowest BCUT2D eigenvalue weighted by Crippen LogP contribution is -2.48. The number of fused-ring (bicyclic) bond motifs is 1. The molecule has 3 N–H and O–H groups in total. The van der Waals surface area contributed by atoms with Crippen molar-refractivity contribution >= 4 is 11.8 Å². The molecule has 0 radical (unpaired) electrons. The largest absolute Gasteiger partial charge is 0.488 e. The Bertz CT molecular complexity index is 805. The third-order valence-electron chi connectivity index (χ3n) is 4.15. The fraction of sp³-hybridized carbons (Fsp3) is 0.333. The topological polar surface area (TPSA) is 84.7 Å². The molecule has 2 aromatic rings. The normalized spacial score (nSPS) is 15.0. The molecular weight excluding hydrogens is 342 g/mol. The van der Waals surface area contributed by atoms with E-state index in [1.165, 1.54) is 0 Å². The minimum absolute atomic E-state index is 0.242. The molecule has 2 aromatic carbocycles. The maximum Gasteiger partial charge on any atom is 0.276 e. The van der Waals surface area contributed by atoms with E-state index in [2.05, 4.69) is 5.43 Å². The molecule has 0 aromatic heterocycles. The second-order valence-corrected chi connectivity index (χ2v) is 7.68. The van der Waals surface area contributed by atoms with E-state index < -0.39 is 0 Å². The van der Waals surface area contributed by atoms with Gasteiger partial charge in [0.25, 0.3) is 11.8 Å². The summed E-state index contributed by atoms with van der Waals surface area (Å²) in [5, 5.41) is 1.05. The quantitative estimate of drug-likeness (QED) is 0.767. The molecule has 1 heterocycles. The molecule has 1 atom stereocenters. The zero-order valence-corrected chi connectivity index (χ0v) is 15.9. The van der Waals surface area contributed by atoms with Crippen molar-refractivity contribution < 1.29 is 14.3 Å². The van der Waals surface area contributed by atoms with Crippen LogP contribution in [0.4, 0.5) is 0 Å². The van der Waals surface area contributed by atoms with Gasteiger partial charge in [-0.1, -0.05) is 24.3 Å². The van der Waals surface area contributed by atoms with Gasteiger partial charge in [0.1, 0.15) is 11.4 Å². The van der Waals surface area contributed by atoms with Crippen LogP contribution in [0.2, 0.25) is 0 Å². The number of benzene rings is 2. The molecule has 0 spiro atoms. The average molecular weight is 367 g/mol. The van der Waals surface area contributed by atoms with Gasteiger partial charge in [-0.2, -0.15) is 0 Å². The van der Waals surface area contributed by atoms with Crippen molar-refractivity contribution in [2.75, 3.05) is 6.54 Å². The van der Waals surface area contributed by atoms with Crippen LogP contribution >= 0.6 is 0 Å². The monoisotopic (exact) mass is 367 g/mol. The van der Waals surface area contributed by atoms with E-state index in [9.17, 15) is 9.59 Å². The molecule has 0 bridgehead atoms. The minimum Gasteiger partial charge on any atom is -0.488 e. The maximum absolute atomic E-state index is 12.3. The molecule has 6 nitrogen and oxygen atoms in total. The number of ether oxygens (including phenoxy) is 1. The SMILES string of the molecule is CC(C)(C)Oc1ccc(C[C@H](N)CNN2C(=O)c3ccccc3C2=O)cc1. The first kappa shape index (κ1) is 19.1. The molecule has 0 unspecified atom stereocenters. The number of hydrogen-bond acceptors (Lipinski definition) is 5. The lowest BCUT2D eigenvalue weighted by molar-refractivity contribution is 0.0563. The predicted molar refractivity (Wildman–Crippen MR) is 103 cm³/mol. The number of hydrogen-bond donors (Lipinski definition) is 2. The van der Waals surface area contributed by atoms with Gasteiger partial charge in [0, 0.05) is 12.6 Å². The Balaban J connectivity index is 1.54. The molecule has 1 aliphatic heterocycles. The van der Waals surface area contributed by atoms with Gasteiger partial charge in [0.05, 0.1) is 11.1 Å². The number of hydrazine groups is 1. The van der Waals surface area contributed by atoms with Crippen LogP contribution in [-0.4, -0.2) is 35.0 Å². The first-order valence-electron chi connectivity index (χ1n) is 8.99. The predicted octanol–water partition coefficient (Wildman–Crippen LogP) is 2.53. The van der Waals surface area contributed by atoms with Crippen molar-refractivity contribution in [1.29, 1.82) is 0 Å². The molecule has 0 fully saturated rings. The number of nitrogens with two attached hydrogens (primary N) is 1. The zero-order valence-electron chi connectivity index (χ0n) is 15.9. The summed E-state index contributed by atoms with van der Waals surface area (Å²) in [5.41, 5.74) is 10.7. The molecule has 2 amide bonds. The molecule has 0 saturated heterocycles. The third-order valence-corrected chi connectivity index (χ3v) is 4.15.